The molecule has 5 nitrogen and oxygen atoms in total. The normalized spacial score (nSPS) is 19.0. The third kappa shape index (κ3) is 5.87. The zero-order valence-corrected chi connectivity index (χ0v) is 19.9. The van der Waals surface area contributed by atoms with Crippen molar-refractivity contribution in [2.75, 3.05) is 32.4 Å². The number of aryl methyl sites for hydroxylation is 1. The number of rotatable bonds is 4. The van der Waals surface area contributed by atoms with Crippen molar-refractivity contribution in [3.8, 4) is 0 Å². The van der Waals surface area contributed by atoms with Crippen LogP contribution in [0.4, 0.5) is 0 Å². The van der Waals surface area contributed by atoms with E-state index >= 15 is 0 Å². The summed E-state index contributed by atoms with van der Waals surface area (Å²) in [6.07, 6.45) is 1.72. The van der Waals surface area contributed by atoms with Crippen molar-refractivity contribution in [1.82, 2.24) is 10.2 Å². The maximum Gasteiger partial charge on any atom is 0.193 e. The van der Waals surface area contributed by atoms with E-state index in [-0.39, 0.29) is 29.7 Å². The van der Waals surface area contributed by atoms with E-state index in [0.29, 0.717) is 23.1 Å². The summed E-state index contributed by atoms with van der Waals surface area (Å²) >= 11 is 12.1. The summed E-state index contributed by atoms with van der Waals surface area (Å²) in [4.78, 5) is 6.30. The fourth-order valence-corrected chi connectivity index (χ4v) is 4.73. The lowest BCUT2D eigenvalue weighted by Crippen LogP contribution is -2.57. The molecule has 9 heteroatoms. The molecule has 26 heavy (non-hydrogen) atoms. The van der Waals surface area contributed by atoms with Gasteiger partial charge in [0, 0.05) is 36.7 Å². The Balaban J connectivity index is 0.00000338. The van der Waals surface area contributed by atoms with E-state index in [1.807, 2.05) is 17.0 Å². The van der Waals surface area contributed by atoms with Crippen molar-refractivity contribution < 1.29 is 8.42 Å². The molecule has 1 aromatic rings. The Kier molecular flexibility index (Phi) is 8.96. The molecule has 0 atom stereocenters. The number of nitrogens with one attached hydrogen (secondary N) is 1. The van der Waals surface area contributed by atoms with E-state index in [1.54, 1.807) is 27.0 Å². The molecule has 1 aliphatic heterocycles. The van der Waals surface area contributed by atoms with Gasteiger partial charge < -0.3 is 10.2 Å². The molecule has 1 aromatic carbocycles. The van der Waals surface area contributed by atoms with Crippen molar-refractivity contribution in [3.05, 3.63) is 33.8 Å². The van der Waals surface area contributed by atoms with Crippen LogP contribution in [0.2, 0.25) is 10.0 Å². The highest BCUT2D eigenvalue weighted by molar-refractivity contribution is 14.0. The van der Waals surface area contributed by atoms with Gasteiger partial charge in [0.2, 0.25) is 0 Å². The number of benzene rings is 1. The maximum atomic E-state index is 12.1. The van der Waals surface area contributed by atoms with Crippen LogP contribution >= 0.6 is 47.2 Å². The minimum absolute atomic E-state index is 0. The molecule has 1 N–H and O–H groups in total. The third-order valence-corrected chi connectivity index (χ3v) is 7.60. The Morgan fingerprint density at radius 1 is 1.35 bits per heavy atom. The highest BCUT2D eigenvalue weighted by atomic mass is 127. The van der Waals surface area contributed by atoms with Gasteiger partial charge in [0.25, 0.3) is 0 Å². The van der Waals surface area contributed by atoms with Gasteiger partial charge >= 0.3 is 0 Å². The molecule has 0 bridgehead atoms. The Labute approximate surface area is 183 Å². The average Bonchev–Trinajstić information content (AvgIpc) is 2.52. The first-order valence-corrected chi connectivity index (χ1v) is 10.7. The largest absolute Gasteiger partial charge is 0.356 e. The summed E-state index contributed by atoms with van der Waals surface area (Å²) in [7, 11) is -1.34. The molecule has 148 valence electrons. The lowest BCUT2D eigenvalue weighted by atomic mass is 10.1. The molecular formula is C17H26Cl2IN3O2S. The highest BCUT2D eigenvalue weighted by Crippen LogP contribution is 2.24. The fraction of sp³-hybridized carbons (Fsp3) is 0.588. The number of aliphatic imine (C=N–C) groups is 1. The van der Waals surface area contributed by atoms with Crippen LogP contribution in [0.1, 0.15) is 25.8 Å². The molecule has 1 heterocycles. The van der Waals surface area contributed by atoms with E-state index < -0.39 is 14.6 Å². The van der Waals surface area contributed by atoms with Gasteiger partial charge in [-0.25, -0.2) is 8.42 Å². The van der Waals surface area contributed by atoms with Gasteiger partial charge in [-0.2, -0.15) is 0 Å². The van der Waals surface area contributed by atoms with Crippen molar-refractivity contribution in [2.24, 2.45) is 4.99 Å². The fourth-order valence-electron chi connectivity index (χ4n) is 2.86. The lowest BCUT2D eigenvalue weighted by Gasteiger charge is -2.39. The van der Waals surface area contributed by atoms with Crippen LogP contribution in [0.3, 0.4) is 0 Å². The number of hydrogen-bond acceptors (Lipinski definition) is 3. The van der Waals surface area contributed by atoms with Gasteiger partial charge in [0.05, 0.1) is 10.5 Å². The van der Waals surface area contributed by atoms with E-state index in [9.17, 15) is 8.42 Å². The van der Waals surface area contributed by atoms with Gasteiger partial charge in [-0.1, -0.05) is 29.3 Å². The first-order chi connectivity index (χ1) is 11.7. The summed E-state index contributed by atoms with van der Waals surface area (Å²) in [5.74, 6) is 0.895. The van der Waals surface area contributed by atoms with Crippen molar-refractivity contribution >= 4 is 63.0 Å². The van der Waals surface area contributed by atoms with Gasteiger partial charge in [-0.3, -0.25) is 4.99 Å². The molecule has 0 saturated carbocycles. The molecule has 0 unspecified atom stereocenters. The first-order valence-electron chi connectivity index (χ1n) is 8.28. The predicted molar refractivity (Wildman–Crippen MR) is 121 cm³/mol. The van der Waals surface area contributed by atoms with Gasteiger partial charge in [-0.05, 0) is 44.4 Å². The van der Waals surface area contributed by atoms with E-state index in [0.717, 1.165) is 30.9 Å². The second-order valence-electron chi connectivity index (χ2n) is 6.81. The molecule has 0 spiro atoms. The quantitative estimate of drug-likeness (QED) is 0.278. The summed E-state index contributed by atoms with van der Waals surface area (Å²) in [5.41, 5.74) is 1.06. The summed E-state index contributed by atoms with van der Waals surface area (Å²) < 4.78 is 23.5. The average molecular weight is 534 g/mol. The molecular weight excluding hydrogens is 508 g/mol. The predicted octanol–water partition coefficient (Wildman–Crippen LogP) is 3.63. The maximum absolute atomic E-state index is 12.1. The highest BCUT2D eigenvalue weighted by Gasteiger charge is 2.40. The van der Waals surface area contributed by atoms with Gasteiger partial charge in [0.1, 0.15) is 0 Å². The van der Waals surface area contributed by atoms with Crippen LogP contribution in [0.15, 0.2) is 23.2 Å². The Morgan fingerprint density at radius 3 is 2.62 bits per heavy atom. The minimum atomic E-state index is -3.06. The minimum Gasteiger partial charge on any atom is -0.356 e. The van der Waals surface area contributed by atoms with Gasteiger partial charge in [-0.15, -0.1) is 24.0 Å². The number of guanidine groups is 1. The van der Waals surface area contributed by atoms with Gasteiger partial charge in [0.15, 0.2) is 15.8 Å². The molecule has 0 amide bonds. The van der Waals surface area contributed by atoms with Crippen molar-refractivity contribution in [1.29, 1.82) is 0 Å². The monoisotopic (exact) mass is 533 g/mol. The van der Waals surface area contributed by atoms with Crippen LogP contribution in [0.5, 0.6) is 0 Å². The van der Waals surface area contributed by atoms with Crippen LogP contribution in [-0.2, 0) is 16.3 Å². The Morgan fingerprint density at radius 2 is 2.04 bits per heavy atom. The van der Waals surface area contributed by atoms with Crippen molar-refractivity contribution in [2.45, 2.75) is 31.4 Å². The Hall–Kier alpha value is -0.250. The topological polar surface area (TPSA) is 61.8 Å². The standard InChI is InChI=1S/C17H25Cl2N3O2S.HI/c1-17(2)12-22(9-10-25(17,23)24)16(20-3)21-8-4-5-13-6-7-14(18)11-15(13)19;/h6-7,11H,4-5,8-10,12H2,1-3H3,(H,20,21);1H. The van der Waals surface area contributed by atoms with Crippen LogP contribution < -0.4 is 5.32 Å². The van der Waals surface area contributed by atoms with Crippen LogP contribution in [0.25, 0.3) is 0 Å². The van der Waals surface area contributed by atoms with E-state index in [4.69, 9.17) is 23.2 Å². The van der Waals surface area contributed by atoms with Crippen molar-refractivity contribution in [3.63, 3.8) is 0 Å². The third-order valence-electron chi connectivity index (χ3n) is 4.48. The molecule has 0 aliphatic carbocycles. The summed E-state index contributed by atoms with van der Waals surface area (Å²) in [6, 6.07) is 5.53. The molecule has 2 rings (SSSR count). The zero-order valence-electron chi connectivity index (χ0n) is 15.3. The number of nitrogens with zero attached hydrogens (tertiary/aromatic N) is 2. The van der Waals surface area contributed by atoms with Crippen LogP contribution in [-0.4, -0.2) is 56.5 Å². The number of halogens is 3. The smallest absolute Gasteiger partial charge is 0.193 e. The second kappa shape index (κ2) is 9.80. The zero-order chi connectivity index (χ0) is 18.7. The SMILES string of the molecule is CN=C(NCCCc1ccc(Cl)cc1Cl)N1CCS(=O)(=O)C(C)(C)C1.I. The van der Waals surface area contributed by atoms with E-state index in [2.05, 4.69) is 10.3 Å². The van der Waals surface area contributed by atoms with Crippen LogP contribution in [0, 0.1) is 0 Å². The second-order valence-corrected chi connectivity index (χ2v) is 10.4. The molecule has 1 fully saturated rings. The molecule has 0 aromatic heterocycles. The molecule has 0 radical (unpaired) electrons. The Bertz CT molecular complexity index is 754. The molecule has 1 aliphatic rings. The summed E-state index contributed by atoms with van der Waals surface area (Å²) in [5, 5.41) is 4.63. The number of hydrogen-bond donors (Lipinski definition) is 1. The molecule has 1 saturated heterocycles. The lowest BCUT2D eigenvalue weighted by molar-refractivity contribution is 0.353. The van der Waals surface area contributed by atoms with E-state index in [1.165, 1.54) is 0 Å². The first kappa shape index (κ1) is 23.8. The summed E-state index contributed by atoms with van der Waals surface area (Å²) in [6.45, 7) is 5.18. The number of sulfone groups is 1.